The van der Waals surface area contributed by atoms with Crippen LogP contribution in [0, 0.1) is 23.7 Å². The van der Waals surface area contributed by atoms with Gasteiger partial charge in [-0.2, -0.15) is 0 Å². The Bertz CT molecular complexity index is 681. The number of carbonyl (C=O) groups is 2. The number of imide groups is 1. The van der Waals surface area contributed by atoms with Crippen LogP contribution < -0.4 is 9.64 Å². The van der Waals surface area contributed by atoms with Crippen LogP contribution in [0.4, 0.5) is 5.69 Å². The summed E-state index contributed by atoms with van der Waals surface area (Å²) in [6.07, 6.45) is 0.916. The summed E-state index contributed by atoms with van der Waals surface area (Å²) in [7, 11) is 1.52. The predicted octanol–water partition coefficient (Wildman–Crippen LogP) is 3.63. The van der Waals surface area contributed by atoms with Gasteiger partial charge in [-0.1, -0.05) is 43.5 Å². The Labute approximate surface area is 155 Å². The number of anilines is 1. The second kappa shape index (κ2) is 5.46. The summed E-state index contributed by atoms with van der Waals surface area (Å²) < 4.78 is 5.32. The van der Waals surface area contributed by atoms with E-state index in [0.717, 1.165) is 6.42 Å². The lowest BCUT2D eigenvalue weighted by molar-refractivity contribution is -0.123. The van der Waals surface area contributed by atoms with Crippen LogP contribution in [0.1, 0.15) is 6.42 Å². The van der Waals surface area contributed by atoms with E-state index in [1.54, 1.807) is 18.2 Å². The summed E-state index contributed by atoms with van der Waals surface area (Å²) in [5.41, 5.74) is 0.445. The number of methoxy groups -OCH3 is 1. The standard InChI is InChI=1S/C16H14Br2ClNO3/c1-23-10-3-2-6(19)4-9(10)20-15(21)11-7-5-8(12(11)16(20)22)14(18)13(7)17/h2-4,7-8,11-14H,5H2,1H3/t7-,8-,11-,12+,13-,14-/m1/s1. The van der Waals surface area contributed by atoms with E-state index in [-0.39, 0.29) is 45.1 Å². The van der Waals surface area contributed by atoms with Crippen LogP contribution in [0.5, 0.6) is 5.75 Å². The first kappa shape index (κ1) is 15.9. The second-order valence-electron chi connectivity index (χ2n) is 6.33. The molecule has 1 saturated heterocycles. The quantitative estimate of drug-likeness (QED) is 0.497. The molecule has 4 nitrogen and oxygen atoms in total. The molecule has 0 radical (unpaired) electrons. The topological polar surface area (TPSA) is 46.6 Å². The molecule has 1 aliphatic heterocycles. The van der Waals surface area contributed by atoms with E-state index in [0.29, 0.717) is 16.5 Å². The Morgan fingerprint density at radius 3 is 2.22 bits per heavy atom. The number of amides is 2. The van der Waals surface area contributed by atoms with Crippen LogP contribution >= 0.6 is 43.5 Å². The predicted molar refractivity (Wildman–Crippen MR) is 94.5 cm³/mol. The van der Waals surface area contributed by atoms with E-state index in [2.05, 4.69) is 31.9 Å². The zero-order chi connectivity index (χ0) is 16.5. The van der Waals surface area contributed by atoms with E-state index in [1.165, 1.54) is 12.0 Å². The first-order chi connectivity index (χ1) is 11.0. The highest BCUT2D eigenvalue weighted by molar-refractivity contribution is 9.12. The SMILES string of the molecule is COc1ccc(Cl)cc1N1C(=O)[C@@H]2[C@H]3C[C@@H]([C@@H](Br)[C@@H]3Br)[C@@H]2C1=O. The molecule has 2 bridgehead atoms. The van der Waals surface area contributed by atoms with Gasteiger partial charge < -0.3 is 4.74 Å². The van der Waals surface area contributed by atoms with Crippen molar-refractivity contribution in [2.45, 2.75) is 16.1 Å². The van der Waals surface area contributed by atoms with Gasteiger partial charge in [0.1, 0.15) is 5.75 Å². The van der Waals surface area contributed by atoms with Crippen LogP contribution in [0.3, 0.4) is 0 Å². The normalized spacial score (nSPS) is 38.3. The molecular weight excluding hydrogens is 449 g/mol. The summed E-state index contributed by atoms with van der Waals surface area (Å²) in [4.78, 5) is 27.7. The highest BCUT2D eigenvalue weighted by Crippen LogP contribution is 2.60. The van der Waals surface area contributed by atoms with Crippen molar-refractivity contribution in [2.24, 2.45) is 23.7 Å². The highest BCUT2D eigenvalue weighted by atomic mass is 79.9. The molecule has 3 aliphatic rings. The minimum absolute atomic E-state index is 0.128. The third-order valence-corrected chi connectivity index (χ3v) is 8.81. The number of nitrogens with zero attached hydrogens (tertiary/aromatic N) is 1. The summed E-state index contributed by atoms with van der Waals surface area (Å²) in [5, 5.41) is 0.471. The number of carbonyl (C=O) groups excluding carboxylic acids is 2. The fourth-order valence-electron chi connectivity index (χ4n) is 4.42. The lowest BCUT2D eigenvalue weighted by Crippen LogP contribution is -2.37. The molecule has 1 aromatic rings. The largest absolute Gasteiger partial charge is 0.495 e. The summed E-state index contributed by atoms with van der Waals surface area (Å²) in [6.45, 7) is 0. The maximum absolute atomic E-state index is 13.0. The number of fused-ring (bicyclic) bond motifs is 5. The van der Waals surface area contributed by atoms with Crippen LogP contribution in [-0.2, 0) is 9.59 Å². The van der Waals surface area contributed by atoms with Crippen molar-refractivity contribution in [2.75, 3.05) is 12.0 Å². The number of halogens is 3. The van der Waals surface area contributed by atoms with Crippen LogP contribution in [0.15, 0.2) is 18.2 Å². The first-order valence-electron chi connectivity index (χ1n) is 7.45. The molecule has 2 amide bonds. The van der Waals surface area contributed by atoms with Crippen molar-refractivity contribution in [1.29, 1.82) is 0 Å². The van der Waals surface area contributed by atoms with Gasteiger partial charge in [-0.25, -0.2) is 4.90 Å². The number of ether oxygens (including phenoxy) is 1. The molecular formula is C16H14Br2ClNO3. The van der Waals surface area contributed by atoms with Crippen LogP contribution in [-0.4, -0.2) is 28.6 Å². The fraction of sp³-hybridized carbons (Fsp3) is 0.500. The van der Waals surface area contributed by atoms with E-state index in [4.69, 9.17) is 16.3 Å². The molecule has 23 heavy (non-hydrogen) atoms. The monoisotopic (exact) mass is 461 g/mol. The summed E-state index contributed by atoms with van der Waals surface area (Å²) >= 11 is 13.4. The van der Waals surface area contributed by atoms with Crippen LogP contribution in [0.2, 0.25) is 5.02 Å². The second-order valence-corrected chi connectivity index (χ2v) is 8.88. The number of benzene rings is 1. The zero-order valence-corrected chi connectivity index (χ0v) is 16.1. The third-order valence-electron chi connectivity index (χ3n) is 5.37. The van der Waals surface area contributed by atoms with Gasteiger partial charge in [-0.15, -0.1) is 0 Å². The molecule has 2 saturated carbocycles. The molecule has 3 fully saturated rings. The van der Waals surface area contributed by atoms with E-state index >= 15 is 0 Å². The number of hydrogen-bond donors (Lipinski definition) is 0. The van der Waals surface area contributed by atoms with E-state index in [1.807, 2.05) is 0 Å². The van der Waals surface area contributed by atoms with Gasteiger partial charge >= 0.3 is 0 Å². The molecule has 0 aromatic heterocycles. The smallest absolute Gasteiger partial charge is 0.238 e. The number of alkyl halides is 2. The zero-order valence-electron chi connectivity index (χ0n) is 12.2. The molecule has 0 N–H and O–H groups in total. The van der Waals surface area contributed by atoms with Gasteiger partial charge in [0.05, 0.1) is 24.6 Å². The van der Waals surface area contributed by atoms with Crippen molar-refractivity contribution in [3.8, 4) is 5.75 Å². The minimum Gasteiger partial charge on any atom is -0.495 e. The molecule has 7 heteroatoms. The van der Waals surface area contributed by atoms with Gasteiger partial charge in [-0.05, 0) is 36.5 Å². The first-order valence-corrected chi connectivity index (χ1v) is 9.66. The third kappa shape index (κ3) is 2.07. The van der Waals surface area contributed by atoms with Crippen molar-refractivity contribution in [1.82, 2.24) is 0 Å². The van der Waals surface area contributed by atoms with Gasteiger partial charge in [0, 0.05) is 14.7 Å². The Kier molecular flexibility index (Phi) is 3.78. The maximum Gasteiger partial charge on any atom is 0.238 e. The summed E-state index contributed by atoms with van der Waals surface area (Å²) in [6, 6.07) is 4.99. The lowest BCUT2D eigenvalue weighted by Gasteiger charge is -2.28. The van der Waals surface area contributed by atoms with Crippen molar-refractivity contribution in [3.63, 3.8) is 0 Å². The van der Waals surface area contributed by atoms with E-state index < -0.39 is 0 Å². The Balaban J connectivity index is 1.78. The Hall–Kier alpha value is -0.590. The maximum atomic E-state index is 13.0. The molecule has 0 spiro atoms. The fourth-order valence-corrected chi connectivity index (χ4v) is 6.46. The average molecular weight is 464 g/mol. The minimum atomic E-state index is -0.241. The highest BCUT2D eigenvalue weighted by Gasteiger charge is 2.66. The number of rotatable bonds is 2. The molecule has 1 aromatic carbocycles. The molecule has 122 valence electrons. The lowest BCUT2D eigenvalue weighted by atomic mass is 9.81. The van der Waals surface area contributed by atoms with Crippen molar-refractivity contribution < 1.29 is 14.3 Å². The van der Waals surface area contributed by atoms with Crippen molar-refractivity contribution >= 4 is 61.0 Å². The molecule has 2 aliphatic carbocycles. The van der Waals surface area contributed by atoms with Gasteiger partial charge in [0.2, 0.25) is 11.8 Å². The molecule has 6 atom stereocenters. The Morgan fingerprint density at radius 1 is 1.13 bits per heavy atom. The average Bonchev–Trinajstić information content (AvgIpc) is 3.12. The van der Waals surface area contributed by atoms with Gasteiger partial charge in [-0.3, -0.25) is 9.59 Å². The van der Waals surface area contributed by atoms with E-state index in [9.17, 15) is 9.59 Å². The van der Waals surface area contributed by atoms with Crippen molar-refractivity contribution in [3.05, 3.63) is 23.2 Å². The number of hydrogen-bond acceptors (Lipinski definition) is 3. The molecule has 0 unspecified atom stereocenters. The van der Waals surface area contributed by atoms with Gasteiger partial charge in [0.15, 0.2) is 0 Å². The molecule has 1 heterocycles. The van der Waals surface area contributed by atoms with Gasteiger partial charge in [0.25, 0.3) is 0 Å². The van der Waals surface area contributed by atoms with Crippen LogP contribution in [0.25, 0.3) is 0 Å². The molecule has 4 rings (SSSR count). The Morgan fingerprint density at radius 2 is 1.70 bits per heavy atom. The summed E-state index contributed by atoms with van der Waals surface area (Å²) in [5.74, 6) is 0.133.